The van der Waals surface area contributed by atoms with Crippen molar-refractivity contribution in [1.82, 2.24) is 0 Å². The molecule has 0 heterocycles. The van der Waals surface area contributed by atoms with E-state index in [1.807, 2.05) is 0 Å². The van der Waals surface area contributed by atoms with Crippen LogP contribution in [0.3, 0.4) is 0 Å². The molecule has 17 heteroatoms. The molecule has 15 nitrogen and oxygen atoms in total. The van der Waals surface area contributed by atoms with E-state index in [4.69, 9.17) is 0 Å². The molecule has 0 saturated heterocycles. The van der Waals surface area contributed by atoms with Gasteiger partial charge in [0.15, 0.2) is 0 Å². The molecule has 0 rings (SSSR count). The summed E-state index contributed by atoms with van der Waals surface area (Å²) in [4.78, 5) is 0. The average molecular weight is 401 g/mol. The minimum atomic E-state index is 0. The van der Waals surface area contributed by atoms with Crippen LogP contribution < -0.4 is 0 Å². The predicted octanol–water partition coefficient (Wildman–Crippen LogP) is -12.4. The fourth-order valence-electron chi connectivity index (χ4n) is 0. The Kier molecular flexibility index (Phi) is 6700000. The zero-order valence-corrected chi connectivity index (χ0v) is 14.8. The Morgan fingerprint density at radius 1 is 0.118 bits per heavy atom. The summed E-state index contributed by atoms with van der Waals surface area (Å²) in [5.41, 5.74) is 0. The van der Waals surface area contributed by atoms with Gasteiger partial charge in [0, 0.05) is 39.0 Å². The van der Waals surface area contributed by atoms with Crippen molar-refractivity contribution in [2.45, 2.75) is 0 Å². The van der Waals surface area contributed by atoms with E-state index in [0.29, 0.717) is 0 Å². The van der Waals surface area contributed by atoms with Crippen LogP contribution in [0.1, 0.15) is 0 Å². The maximum atomic E-state index is 0. The van der Waals surface area contributed by atoms with Crippen LogP contribution in [0.5, 0.6) is 0 Å². The summed E-state index contributed by atoms with van der Waals surface area (Å²) in [6.07, 6.45) is 0. The van der Waals surface area contributed by atoms with Gasteiger partial charge in [0.05, 0.1) is 0 Å². The van der Waals surface area contributed by atoms with Gasteiger partial charge < -0.3 is 82.1 Å². The fraction of sp³-hybridized carbons (Fsp3) is 0. The van der Waals surface area contributed by atoms with Crippen molar-refractivity contribution in [3.8, 4) is 0 Å². The first kappa shape index (κ1) is 11700. The molecule has 0 aromatic rings. The molecule has 0 saturated carbocycles. The second-order valence-corrected chi connectivity index (χ2v) is 0. The fourth-order valence-corrected chi connectivity index (χ4v) is 0. The van der Waals surface area contributed by atoms with Crippen molar-refractivity contribution in [3.05, 3.63) is 0 Å². The van der Waals surface area contributed by atoms with Crippen molar-refractivity contribution < 1.29 is 121 Å². The Morgan fingerprint density at radius 3 is 0.118 bits per heavy atom. The topological polar surface area (TPSA) is 472 Å². The molecular formula is H30O15Zn2. The quantitative estimate of drug-likeness (QED) is 0.341. The standard InChI is InChI=1S/15H2O.2Zn/h15*1H2;;. The Labute approximate surface area is 121 Å². The zero-order valence-electron chi connectivity index (χ0n) is 8.91. The van der Waals surface area contributed by atoms with Crippen molar-refractivity contribution in [2.24, 2.45) is 0 Å². The number of hydrogen-bond donors (Lipinski definition) is 0. The van der Waals surface area contributed by atoms with E-state index < -0.39 is 0 Å². The first-order chi connectivity index (χ1) is 0. The Morgan fingerprint density at radius 2 is 0.118 bits per heavy atom. The first-order valence-electron chi connectivity index (χ1n) is 0. The Balaban J connectivity index is 0. The van der Waals surface area contributed by atoms with E-state index in [1.165, 1.54) is 0 Å². The summed E-state index contributed by atoms with van der Waals surface area (Å²) in [5.74, 6) is 0. The molecular weight excluding hydrogens is 371 g/mol. The molecule has 0 bridgehead atoms. The second kappa shape index (κ2) is 9740. The molecule has 0 aliphatic carbocycles. The van der Waals surface area contributed by atoms with Gasteiger partial charge in [-0.05, 0) is 0 Å². The molecule has 0 unspecified atom stereocenters. The van der Waals surface area contributed by atoms with E-state index in [2.05, 4.69) is 0 Å². The Hall–Kier alpha value is 0.647. The van der Waals surface area contributed by atoms with Crippen LogP contribution >= 0.6 is 0 Å². The third-order valence-corrected chi connectivity index (χ3v) is 0. The molecule has 0 aliphatic heterocycles. The number of rotatable bonds is 0. The Bertz CT molecular complexity index is 8.88. The van der Waals surface area contributed by atoms with Crippen LogP contribution in [0.2, 0.25) is 0 Å². The summed E-state index contributed by atoms with van der Waals surface area (Å²) in [5, 5.41) is 0. The van der Waals surface area contributed by atoms with E-state index in [-0.39, 0.29) is 121 Å². The third-order valence-electron chi connectivity index (χ3n) is 0. The summed E-state index contributed by atoms with van der Waals surface area (Å²) in [7, 11) is 0. The van der Waals surface area contributed by atoms with Crippen molar-refractivity contribution in [2.75, 3.05) is 0 Å². The van der Waals surface area contributed by atoms with Crippen molar-refractivity contribution in [1.29, 1.82) is 0 Å². The predicted molar refractivity (Wildman–Crippen MR) is 54.2 cm³/mol. The van der Waals surface area contributed by atoms with Gasteiger partial charge in [0.1, 0.15) is 0 Å². The minimum Gasteiger partial charge on any atom is -0.412 e. The van der Waals surface area contributed by atoms with Gasteiger partial charge in [-0.2, -0.15) is 0 Å². The monoisotopic (exact) mass is 398 g/mol. The molecule has 0 fully saturated rings. The van der Waals surface area contributed by atoms with Crippen molar-refractivity contribution in [3.63, 3.8) is 0 Å². The summed E-state index contributed by atoms with van der Waals surface area (Å²) in [6, 6.07) is 0. The summed E-state index contributed by atoms with van der Waals surface area (Å²) < 4.78 is 0. The molecule has 0 aromatic carbocycles. The van der Waals surface area contributed by atoms with Crippen LogP contribution in [0.15, 0.2) is 0 Å². The van der Waals surface area contributed by atoms with Crippen LogP contribution in [0, 0.1) is 0 Å². The molecule has 0 aromatic heterocycles. The van der Waals surface area contributed by atoms with Gasteiger partial charge in [-0.1, -0.05) is 0 Å². The summed E-state index contributed by atoms with van der Waals surface area (Å²) >= 11 is 0. The van der Waals surface area contributed by atoms with Crippen LogP contribution in [-0.2, 0) is 39.0 Å². The van der Waals surface area contributed by atoms with Crippen LogP contribution in [0.4, 0.5) is 0 Å². The third kappa shape index (κ3) is 8540. The molecule has 0 atom stereocenters. The SMILES string of the molecule is O.O.O.O.O.O.O.O.O.O.O.O.O.O.O.[Zn].[Zn]. The van der Waals surface area contributed by atoms with Gasteiger partial charge in [0.2, 0.25) is 0 Å². The molecule has 0 aliphatic rings. The van der Waals surface area contributed by atoms with Gasteiger partial charge in [-0.15, -0.1) is 0 Å². The van der Waals surface area contributed by atoms with E-state index in [1.54, 1.807) is 0 Å². The average Bonchev–Trinajstić information content (AvgIpc) is 0. The summed E-state index contributed by atoms with van der Waals surface area (Å²) in [6.45, 7) is 0. The molecule has 30 N–H and O–H groups in total. The first-order valence-corrected chi connectivity index (χ1v) is 0. The van der Waals surface area contributed by atoms with Crippen LogP contribution in [0.25, 0.3) is 0 Å². The van der Waals surface area contributed by atoms with Crippen molar-refractivity contribution >= 4 is 0 Å². The minimum absolute atomic E-state index is 0. The maximum Gasteiger partial charge on any atom is 0 e. The number of hydrogen-bond acceptors (Lipinski definition) is 0. The maximum absolute atomic E-state index is 0. The molecule has 0 spiro atoms. The second-order valence-electron chi connectivity index (χ2n) is 0. The van der Waals surface area contributed by atoms with Crippen LogP contribution in [-0.4, -0.2) is 82.1 Å². The van der Waals surface area contributed by atoms with E-state index in [9.17, 15) is 0 Å². The zero-order chi connectivity index (χ0) is 0. The van der Waals surface area contributed by atoms with Gasteiger partial charge in [-0.25, -0.2) is 0 Å². The largest absolute Gasteiger partial charge is 0.412 e. The molecule has 0 radical (unpaired) electrons. The molecule has 124 valence electrons. The van der Waals surface area contributed by atoms with E-state index >= 15 is 0 Å². The molecule has 0 amide bonds. The van der Waals surface area contributed by atoms with Gasteiger partial charge >= 0.3 is 0 Å². The van der Waals surface area contributed by atoms with Gasteiger partial charge in [-0.3, -0.25) is 0 Å². The molecule has 17 heavy (non-hydrogen) atoms. The van der Waals surface area contributed by atoms with Gasteiger partial charge in [0.25, 0.3) is 0 Å². The van der Waals surface area contributed by atoms with E-state index in [0.717, 1.165) is 0 Å². The smallest absolute Gasteiger partial charge is 0 e. The normalized spacial score (nSPS) is 0.